The van der Waals surface area contributed by atoms with Crippen molar-refractivity contribution in [3.63, 3.8) is 0 Å². The number of aliphatic hydroxyl groups is 1. The zero-order chi connectivity index (χ0) is 27.8. The van der Waals surface area contributed by atoms with Gasteiger partial charge in [0, 0.05) is 6.54 Å². The number of aliphatic hydroxyl groups excluding tert-OH is 1. The summed E-state index contributed by atoms with van der Waals surface area (Å²) in [7, 11) is 4.27. The normalized spacial score (nSPS) is 17.5. The smallest absolute Gasteiger partial charge is 0.295 e. The monoisotopic (exact) mass is 571 g/mol. The van der Waals surface area contributed by atoms with Crippen LogP contribution in [0, 0.1) is 0 Å². The number of Topliss-reactive ketones (excluding diaryl/α,β-unsaturated/α-hetero) is 1. The van der Waals surface area contributed by atoms with E-state index in [-0.39, 0.29) is 46.0 Å². The Morgan fingerprint density at radius 3 is 2.31 bits per heavy atom. The lowest BCUT2D eigenvalue weighted by molar-refractivity contribution is -0.140. The summed E-state index contributed by atoms with van der Waals surface area (Å²) in [6.07, 6.45) is 0. The Morgan fingerprint density at radius 1 is 0.949 bits per heavy atom. The molecule has 1 fully saturated rings. The first-order chi connectivity index (χ1) is 18.8. The SMILES string of the molecule is COc1ccc(C2/C(=C(\O)c3cc(Cl)c(OC)c(Cl)c3OC)C(=O)C(=O)N2Cc2ccc3c(c2)OCO3)cc1. The van der Waals surface area contributed by atoms with E-state index in [1.807, 2.05) is 0 Å². The van der Waals surface area contributed by atoms with E-state index in [4.69, 9.17) is 46.9 Å². The molecule has 2 heterocycles. The second kappa shape index (κ2) is 10.6. The minimum absolute atomic E-state index is 0.00429. The highest BCUT2D eigenvalue weighted by Gasteiger charge is 2.46. The van der Waals surface area contributed by atoms with Gasteiger partial charge < -0.3 is 33.7 Å². The van der Waals surface area contributed by atoms with Crippen molar-refractivity contribution in [2.45, 2.75) is 12.6 Å². The number of fused-ring (bicyclic) bond motifs is 1. The highest BCUT2D eigenvalue weighted by molar-refractivity contribution is 6.47. The average molecular weight is 572 g/mol. The molecule has 0 saturated carbocycles. The average Bonchev–Trinajstić information content (AvgIpc) is 3.50. The molecular weight excluding hydrogens is 549 g/mol. The predicted molar refractivity (Wildman–Crippen MR) is 143 cm³/mol. The van der Waals surface area contributed by atoms with Crippen LogP contribution in [0.4, 0.5) is 0 Å². The highest BCUT2D eigenvalue weighted by atomic mass is 35.5. The number of rotatable bonds is 7. The minimum Gasteiger partial charge on any atom is -0.507 e. The van der Waals surface area contributed by atoms with Gasteiger partial charge in [0.2, 0.25) is 6.79 Å². The molecule has 0 spiro atoms. The number of ketones is 1. The first-order valence-electron chi connectivity index (χ1n) is 11.7. The topological polar surface area (TPSA) is 104 Å². The van der Waals surface area contributed by atoms with Crippen molar-refractivity contribution >= 4 is 40.7 Å². The summed E-state index contributed by atoms with van der Waals surface area (Å²) in [5, 5.41) is 11.6. The maximum absolute atomic E-state index is 13.5. The molecule has 1 saturated heterocycles. The van der Waals surface area contributed by atoms with Crippen LogP contribution in [-0.2, 0) is 16.1 Å². The summed E-state index contributed by atoms with van der Waals surface area (Å²) >= 11 is 12.8. The molecule has 0 radical (unpaired) electrons. The molecule has 1 N–H and O–H groups in total. The zero-order valence-corrected chi connectivity index (χ0v) is 22.6. The predicted octanol–water partition coefficient (Wildman–Crippen LogP) is 5.37. The summed E-state index contributed by atoms with van der Waals surface area (Å²) in [6, 6.07) is 12.5. The van der Waals surface area contributed by atoms with E-state index in [1.165, 1.54) is 32.3 Å². The van der Waals surface area contributed by atoms with Crippen LogP contribution in [0.3, 0.4) is 0 Å². The van der Waals surface area contributed by atoms with Gasteiger partial charge in [-0.15, -0.1) is 0 Å². The van der Waals surface area contributed by atoms with Gasteiger partial charge in [-0.1, -0.05) is 41.4 Å². The number of carbonyl (C=O) groups excluding carboxylic acids is 2. The number of halogens is 2. The third-order valence-electron chi connectivity index (χ3n) is 6.56. The van der Waals surface area contributed by atoms with E-state index in [1.54, 1.807) is 42.5 Å². The van der Waals surface area contributed by atoms with Crippen LogP contribution in [0.15, 0.2) is 54.1 Å². The number of carbonyl (C=O) groups is 2. The number of benzene rings is 3. The van der Waals surface area contributed by atoms with E-state index in [0.717, 1.165) is 0 Å². The third kappa shape index (κ3) is 4.57. The van der Waals surface area contributed by atoms with Gasteiger partial charge in [-0.3, -0.25) is 9.59 Å². The first-order valence-corrected chi connectivity index (χ1v) is 12.5. The van der Waals surface area contributed by atoms with Crippen LogP contribution < -0.4 is 23.7 Å². The summed E-state index contributed by atoms with van der Waals surface area (Å²) in [5.41, 5.74) is 1.16. The molecule has 202 valence electrons. The Kier molecular flexibility index (Phi) is 7.20. The molecule has 2 aliphatic heterocycles. The number of hydrogen-bond acceptors (Lipinski definition) is 8. The van der Waals surface area contributed by atoms with Crippen LogP contribution in [0.25, 0.3) is 5.76 Å². The summed E-state index contributed by atoms with van der Waals surface area (Å²) in [4.78, 5) is 28.3. The Morgan fingerprint density at radius 2 is 1.64 bits per heavy atom. The molecule has 1 amide bonds. The lowest BCUT2D eigenvalue weighted by Gasteiger charge is -2.26. The van der Waals surface area contributed by atoms with Gasteiger partial charge in [0.1, 0.15) is 16.5 Å². The summed E-state index contributed by atoms with van der Waals surface area (Å²) in [6.45, 7) is 0.153. The lowest BCUT2D eigenvalue weighted by atomic mass is 9.94. The molecule has 0 aliphatic carbocycles. The van der Waals surface area contributed by atoms with Crippen LogP contribution in [0.5, 0.6) is 28.7 Å². The van der Waals surface area contributed by atoms with Gasteiger partial charge in [0.05, 0.1) is 43.5 Å². The van der Waals surface area contributed by atoms with Gasteiger partial charge in [0.25, 0.3) is 11.7 Å². The molecule has 5 rings (SSSR count). The number of nitrogens with zero attached hydrogens (tertiary/aromatic N) is 1. The number of amides is 1. The summed E-state index contributed by atoms with van der Waals surface area (Å²) < 4.78 is 26.8. The number of ether oxygens (including phenoxy) is 5. The van der Waals surface area contributed by atoms with Crippen molar-refractivity contribution in [2.75, 3.05) is 28.1 Å². The quantitative estimate of drug-likeness (QED) is 0.229. The molecule has 0 aromatic heterocycles. The maximum atomic E-state index is 13.5. The first kappa shape index (κ1) is 26.5. The standard InChI is InChI=1S/C28H23Cl2NO8/c1-35-16-7-5-15(6-8-16)23-21(24(32)17-11-18(29)27(37-3)22(30)26(17)36-2)25(33)28(34)31(23)12-14-4-9-19-20(10-14)39-13-38-19/h4-11,23,32H,12-13H2,1-3H3/b24-21+. The fourth-order valence-corrected chi connectivity index (χ4v) is 5.39. The van der Waals surface area contributed by atoms with E-state index in [0.29, 0.717) is 28.4 Å². The van der Waals surface area contributed by atoms with Crippen molar-refractivity contribution in [1.82, 2.24) is 4.90 Å². The molecule has 0 bridgehead atoms. The Bertz CT molecular complexity index is 1500. The molecule has 39 heavy (non-hydrogen) atoms. The van der Waals surface area contributed by atoms with Crippen molar-refractivity contribution in [3.05, 3.63) is 80.8 Å². The van der Waals surface area contributed by atoms with E-state index < -0.39 is 23.5 Å². The van der Waals surface area contributed by atoms with Crippen LogP contribution in [0.1, 0.15) is 22.7 Å². The highest BCUT2D eigenvalue weighted by Crippen LogP contribution is 2.47. The lowest BCUT2D eigenvalue weighted by Crippen LogP contribution is -2.29. The molecule has 9 nitrogen and oxygen atoms in total. The Hall–Kier alpha value is -4.08. The van der Waals surface area contributed by atoms with Gasteiger partial charge >= 0.3 is 0 Å². The molecule has 3 aromatic carbocycles. The van der Waals surface area contributed by atoms with Gasteiger partial charge in [-0.05, 0) is 41.5 Å². The van der Waals surface area contributed by atoms with E-state index in [9.17, 15) is 14.7 Å². The van der Waals surface area contributed by atoms with Crippen molar-refractivity contribution in [3.8, 4) is 28.7 Å². The molecule has 1 unspecified atom stereocenters. The largest absolute Gasteiger partial charge is 0.507 e. The van der Waals surface area contributed by atoms with Crippen LogP contribution in [0.2, 0.25) is 10.0 Å². The fourth-order valence-electron chi connectivity index (χ4n) is 4.70. The van der Waals surface area contributed by atoms with Gasteiger partial charge in [0.15, 0.2) is 23.0 Å². The Balaban J connectivity index is 1.67. The second-order valence-corrected chi connectivity index (χ2v) is 9.46. The fraction of sp³-hybridized carbons (Fsp3) is 0.214. The van der Waals surface area contributed by atoms with Crippen molar-refractivity contribution < 1.29 is 38.4 Å². The van der Waals surface area contributed by atoms with Gasteiger partial charge in [-0.2, -0.15) is 0 Å². The molecule has 2 aliphatic rings. The van der Waals surface area contributed by atoms with E-state index >= 15 is 0 Å². The minimum atomic E-state index is -0.953. The Labute approximate surface area is 234 Å². The van der Waals surface area contributed by atoms with Crippen LogP contribution in [-0.4, -0.2) is 49.8 Å². The molecule has 3 aromatic rings. The second-order valence-electron chi connectivity index (χ2n) is 8.67. The number of methoxy groups -OCH3 is 3. The third-order valence-corrected chi connectivity index (χ3v) is 7.18. The number of hydrogen-bond donors (Lipinski definition) is 1. The van der Waals surface area contributed by atoms with E-state index in [2.05, 4.69) is 0 Å². The molecule has 11 heteroatoms. The maximum Gasteiger partial charge on any atom is 0.295 e. The van der Waals surface area contributed by atoms with Gasteiger partial charge in [-0.25, -0.2) is 0 Å². The van der Waals surface area contributed by atoms with Crippen molar-refractivity contribution in [1.29, 1.82) is 0 Å². The molecular formula is C28H23Cl2NO8. The van der Waals surface area contributed by atoms with Crippen LogP contribution >= 0.6 is 23.2 Å². The van der Waals surface area contributed by atoms with Crippen molar-refractivity contribution in [2.24, 2.45) is 0 Å². The zero-order valence-electron chi connectivity index (χ0n) is 21.1. The number of likely N-dealkylation sites (tertiary alicyclic amines) is 1. The molecule has 1 atom stereocenters. The summed E-state index contributed by atoms with van der Waals surface area (Å²) in [5.74, 6) is -0.274.